The molecule has 0 N–H and O–H groups in total. The summed E-state index contributed by atoms with van der Waals surface area (Å²) in [5, 5.41) is 1.13. The van der Waals surface area contributed by atoms with E-state index in [1.165, 1.54) is 0 Å². The zero-order chi connectivity index (χ0) is 23.4. The predicted octanol–water partition coefficient (Wildman–Crippen LogP) is 5.34. The van der Waals surface area contributed by atoms with Crippen LogP contribution in [-0.4, -0.2) is 56.9 Å². The molecule has 1 aliphatic heterocycles. The van der Waals surface area contributed by atoms with Gasteiger partial charge in [0.15, 0.2) is 0 Å². The highest BCUT2D eigenvalue weighted by atomic mass is 16.6. The van der Waals surface area contributed by atoms with Crippen molar-refractivity contribution in [3.8, 4) is 0 Å². The van der Waals surface area contributed by atoms with Crippen molar-refractivity contribution >= 4 is 28.0 Å². The topological polar surface area (TPSA) is 69.5 Å². The molecule has 33 heavy (non-hydrogen) atoms. The summed E-state index contributed by atoms with van der Waals surface area (Å²) in [5.74, 6) is 1.07. The van der Waals surface area contributed by atoms with Crippen molar-refractivity contribution in [2.24, 2.45) is 0 Å². The van der Waals surface area contributed by atoms with Crippen LogP contribution in [0.5, 0.6) is 0 Å². The average Bonchev–Trinajstić information content (AvgIpc) is 3.17. The third-order valence-electron chi connectivity index (χ3n) is 6.35. The number of pyridine rings is 1. The van der Waals surface area contributed by atoms with Crippen LogP contribution >= 0.6 is 0 Å². The molecule has 1 fully saturated rings. The highest BCUT2D eigenvalue weighted by Crippen LogP contribution is 2.26. The first-order valence-corrected chi connectivity index (χ1v) is 12.2. The van der Waals surface area contributed by atoms with Gasteiger partial charge in [0.25, 0.3) is 0 Å². The molecule has 7 nitrogen and oxygen atoms in total. The van der Waals surface area contributed by atoms with Gasteiger partial charge in [0.05, 0.1) is 23.8 Å². The molecule has 4 rings (SSSR count). The molecule has 0 radical (unpaired) electrons. The van der Waals surface area contributed by atoms with Crippen molar-refractivity contribution in [2.45, 2.75) is 77.9 Å². The number of carbonyl (C=O) groups excluding carboxylic acids is 1. The second kappa shape index (κ2) is 10.1. The van der Waals surface area contributed by atoms with Crippen molar-refractivity contribution in [3.63, 3.8) is 0 Å². The molecule has 178 valence electrons. The summed E-state index contributed by atoms with van der Waals surface area (Å²) in [4.78, 5) is 24.2. The van der Waals surface area contributed by atoms with Gasteiger partial charge >= 0.3 is 6.09 Å². The van der Waals surface area contributed by atoms with Gasteiger partial charge < -0.3 is 18.9 Å². The number of unbranched alkanes of at least 4 members (excludes halogenated alkanes) is 1. The number of para-hydroxylation sites is 1. The van der Waals surface area contributed by atoms with Crippen LogP contribution in [0.1, 0.15) is 59.2 Å². The molecule has 0 atom stereocenters. The zero-order valence-corrected chi connectivity index (χ0v) is 20.3. The average molecular weight is 453 g/mol. The summed E-state index contributed by atoms with van der Waals surface area (Å²) in [5.41, 5.74) is 2.79. The zero-order valence-electron chi connectivity index (χ0n) is 20.3. The first-order chi connectivity index (χ1) is 15.9. The number of rotatable bonds is 7. The third kappa shape index (κ3) is 5.13. The van der Waals surface area contributed by atoms with Crippen LogP contribution in [-0.2, 0) is 22.4 Å². The molecule has 1 aliphatic rings. The highest BCUT2D eigenvalue weighted by Gasteiger charge is 2.35. The van der Waals surface area contributed by atoms with E-state index in [0.29, 0.717) is 19.8 Å². The van der Waals surface area contributed by atoms with Crippen molar-refractivity contribution < 1.29 is 14.3 Å². The van der Waals surface area contributed by atoms with Crippen LogP contribution in [0, 0.1) is 0 Å². The van der Waals surface area contributed by atoms with Gasteiger partial charge in [-0.1, -0.05) is 25.1 Å². The summed E-state index contributed by atoms with van der Waals surface area (Å²) in [6.07, 6.45) is 5.97. The molecular formula is C26H36N4O3. The molecule has 1 amide bonds. The van der Waals surface area contributed by atoms with Crippen molar-refractivity contribution in [1.82, 2.24) is 19.4 Å². The largest absolute Gasteiger partial charge is 0.449 e. The Labute approximate surface area is 196 Å². The number of aryl methyl sites for hydroxylation is 2. The van der Waals surface area contributed by atoms with Gasteiger partial charge in [0, 0.05) is 43.1 Å². The predicted molar refractivity (Wildman–Crippen MR) is 130 cm³/mol. The van der Waals surface area contributed by atoms with Crippen molar-refractivity contribution in [3.05, 3.63) is 36.3 Å². The SMILES string of the molecule is CCc1nc2cnc3ccccc3c2n1CCCCOC(=O)N(C1CCOCC1)C(C)(C)C. The van der Waals surface area contributed by atoms with Gasteiger partial charge in [-0.3, -0.25) is 4.98 Å². The van der Waals surface area contributed by atoms with Gasteiger partial charge in [-0.25, -0.2) is 9.78 Å². The molecule has 0 spiro atoms. The standard InChI is InChI=1S/C26H36N4O3/c1-5-23-28-22-18-27-21-11-7-6-10-20(21)24(22)29(23)14-8-9-15-33-25(31)30(26(2,3)4)19-12-16-32-17-13-19/h6-7,10-11,18-19H,5,8-9,12-17H2,1-4H3. The lowest BCUT2D eigenvalue weighted by Crippen LogP contribution is -2.53. The minimum absolute atomic E-state index is 0.178. The number of fused-ring (bicyclic) bond motifs is 3. The summed E-state index contributed by atoms with van der Waals surface area (Å²) in [7, 11) is 0. The second-order valence-corrected chi connectivity index (χ2v) is 9.75. The van der Waals surface area contributed by atoms with Crippen LogP contribution in [0.2, 0.25) is 0 Å². The fourth-order valence-electron chi connectivity index (χ4n) is 4.84. The number of nitrogens with zero attached hydrogens (tertiary/aromatic N) is 4. The normalized spacial score (nSPS) is 15.3. The molecular weight excluding hydrogens is 416 g/mol. The fourth-order valence-corrected chi connectivity index (χ4v) is 4.84. The second-order valence-electron chi connectivity index (χ2n) is 9.75. The van der Waals surface area contributed by atoms with E-state index < -0.39 is 0 Å². The van der Waals surface area contributed by atoms with E-state index in [-0.39, 0.29) is 17.7 Å². The Balaban J connectivity index is 1.39. The maximum atomic E-state index is 12.9. The Morgan fingerprint density at radius 1 is 1.18 bits per heavy atom. The van der Waals surface area contributed by atoms with Gasteiger partial charge in [0.2, 0.25) is 0 Å². The molecule has 0 aliphatic carbocycles. The molecule has 1 aromatic carbocycles. The van der Waals surface area contributed by atoms with E-state index in [9.17, 15) is 4.79 Å². The lowest BCUT2D eigenvalue weighted by molar-refractivity contribution is -0.00506. The molecule has 7 heteroatoms. The molecule has 2 aromatic heterocycles. The minimum Gasteiger partial charge on any atom is -0.449 e. The van der Waals surface area contributed by atoms with E-state index >= 15 is 0 Å². The molecule has 0 unspecified atom stereocenters. The lowest BCUT2D eigenvalue weighted by Gasteiger charge is -2.42. The Morgan fingerprint density at radius 2 is 1.94 bits per heavy atom. The van der Waals surface area contributed by atoms with Gasteiger partial charge in [0.1, 0.15) is 11.3 Å². The smallest absolute Gasteiger partial charge is 0.410 e. The monoisotopic (exact) mass is 452 g/mol. The van der Waals surface area contributed by atoms with Gasteiger partial charge in [-0.15, -0.1) is 0 Å². The quantitative estimate of drug-likeness (QED) is 0.452. The maximum Gasteiger partial charge on any atom is 0.410 e. The summed E-state index contributed by atoms with van der Waals surface area (Å²) < 4.78 is 13.5. The van der Waals surface area contributed by atoms with Crippen LogP contribution in [0.3, 0.4) is 0 Å². The summed E-state index contributed by atoms with van der Waals surface area (Å²) >= 11 is 0. The molecule has 0 bridgehead atoms. The maximum absolute atomic E-state index is 12.9. The lowest BCUT2D eigenvalue weighted by atomic mass is 9.99. The fraction of sp³-hybridized carbons (Fsp3) is 0.577. The first-order valence-electron chi connectivity index (χ1n) is 12.2. The Kier molecular flexibility index (Phi) is 7.17. The number of imidazole rings is 1. The van der Waals surface area contributed by atoms with E-state index in [4.69, 9.17) is 14.5 Å². The van der Waals surface area contributed by atoms with Crippen LogP contribution in [0.4, 0.5) is 4.79 Å². The molecule has 3 aromatic rings. The Bertz CT molecular complexity index is 1100. The van der Waals surface area contributed by atoms with E-state index in [2.05, 4.69) is 43.3 Å². The number of hydrogen-bond acceptors (Lipinski definition) is 5. The summed E-state index contributed by atoms with van der Waals surface area (Å²) in [6.45, 7) is 11.0. The first kappa shape index (κ1) is 23.5. The highest BCUT2D eigenvalue weighted by molar-refractivity contribution is 6.02. The van der Waals surface area contributed by atoms with Crippen molar-refractivity contribution in [1.29, 1.82) is 0 Å². The number of hydrogen-bond donors (Lipinski definition) is 0. The minimum atomic E-state index is -0.278. The van der Waals surface area contributed by atoms with E-state index in [1.807, 2.05) is 29.3 Å². The van der Waals surface area contributed by atoms with E-state index in [1.54, 1.807) is 0 Å². The van der Waals surface area contributed by atoms with Crippen LogP contribution in [0.25, 0.3) is 21.9 Å². The molecule has 3 heterocycles. The van der Waals surface area contributed by atoms with E-state index in [0.717, 1.165) is 66.4 Å². The molecule has 1 saturated heterocycles. The number of aromatic nitrogens is 3. The van der Waals surface area contributed by atoms with Crippen molar-refractivity contribution in [2.75, 3.05) is 19.8 Å². The number of amides is 1. The Hall–Kier alpha value is -2.67. The van der Waals surface area contributed by atoms with Crippen LogP contribution < -0.4 is 0 Å². The number of carbonyl (C=O) groups is 1. The number of ether oxygens (including phenoxy) is 2. The molecule has 0 saturated carbocycles. The van der Waals surface area contributed by atoms with Gasteiger partial charge in [-0.2, -0.15) is 0 Å². The third-order valence-corrected chi connectivity index (χ3v) is 6.35. The number of benzene rings is 1. The Morgan fingerprint density at radius 3 is 2.67 bits per heavy atom. The summed E-state index contributed by atoms with van der Waals surface area (Å²) in [6, 6.07) is 8.39. The van der Waals surface area contributed by atoms with Gasteiger partial charge in [-0.05, 0) is 52.5 Å². The van der Waals surface area contributed by atoms with Crippen LogP contribution in [0.15, 0.2) is 30.5 Å².